The van der Waals surface area contributed by atoms with Gasteiger partial charge in [-0.1, -0.05) is 12.1 Å². The molecule has 3 atom stereocenters. The fourth-order valence-electron chi connectivity index (χ4n) is 3.30. The van der Waals surface area contributed by atoms with Gasteiger partial charge in [-0.15, -0.1) is 0 Å². The van der Waals surface area contributed by atoms with Crippen molar-refractivity contribution in [1.82, 2.24) is 14.9 Å². The molecule has 126 valence electrons. The van der Waals surface area contributed by atoms with Gasteiger partial charge in [-0.25, -0.2) is 14.4 Å². The van der Waals surface area contributed by atoms with Crippen molar-refractivity contribution in [3.8, 4) is 0 Å². The van der Waals surface area contributed by atoms with E-state index in [4.69, 9.17) is 0 Å². The van der Waals surface area contributed by atoms with E-state index >= 15 is 0 Å². The van der Waals surface area contributed by atoms with Crippen LogP contribution in [0.2, 0.25) is 0 Å². The van der Waals surface area contributed by atoms with E-state index in [1.807, 2.05) is 19.1 Å². The van der Waals surface area contributed by atoms with Gasteiger partial charge in [0.25, 0.3) is 0 Å². The van der Waals surface area contributed by atoms with Crippen LogP contribution in [0.25, 0.3) is 0 Å². The van der Waals surface area contributed by atoms with Crippen molar-refractivity contribution in [1.29, 1.82) is 0 Å². The smallest absolute Gasteiger partial charge is 0.243 e. The second-order valence-corrected chi connectivity index (χ2v) is 6.27. The molecule has 6 heteroatoms. The summed E-state index contributed by atoms with van der Waals surface area (Å²) in [6, 6.07) is 8.34. The fraction of sp³-hybridized carbons (Fsp3) is 0.389. The van der Waals surface area contributed by atoms with E-state index in [1.165, 1.54) is 12.1 Å². The molecule has 0 saturated carbocycles. The number of hydrogen-bond acceptors (Lipinski definition) is 4. The first-order valence-corrected chi connectivity index (χ1v) is 8.13. The number of nitrogens with one attached hydrogen (secondary N) is 1. The lowest BCUT2D eigenvalue weighted by Crippen LogP contribution is -2.44. The topological polar surface area (TPSA) is 58.1 Å². The molecule has 1 fully saturated rings. The largest absolute Gasteiger partial charge is 0.293 e. The summed E-state index contributed by atoms with van der Waals surface area (Å²) in [7, 11) is 0. The van der Waals surface area contributed by atoms with E-state index in [2.05, 4.69) is 27.1 Å². The maximum atomic E-state index is 13.1. The highest BCUT2D eigenvalue weighted by atomic mass is 19.1. The second-order valence-electron chi connectivity index (χ2n) is 6.27. The summed E-state index contributed by atoms with van der Waals surface area (Å²) in [6.07, 6.45) is 4.14. The highest BCUT2D eigenvalue weighted by Crippen LogP contribution is 2.33. The minimum Gasteiger partial charge on any atom is -0.293 e. The van der Waals surface area contributed by atoms with Crippen LogP contribution in [0.5, 0.6) is 0 Å². The molecule has 3 rings (SSSR count). The van der Waals surface area contributed by atoms with Crippen molar-refractivity contribution in [2.75, 3.05) is 11.9 Å². The summed E-state index contributed by atoms with van der Waals surface area (Å²) in [5, 5.41) is 2.75. The molecule has 2 heterocycles. The number of rotatable bonds is 4. The number of aromatic nitrogens is 2. The summed E-state index contributed by atoms with van der Waals surface area (Å²) in [5.41, 5.74) is 1.12. The van der Waals surface area contributed by atoms with E-state index in [0.29, 0.717) is 11.9 Å². The normalized spacial score (nSPS) is 22.3. The van der Waals surface area contributed by atoms with E-state index in [0.717, 1.165) is 18.5 Å². The minimum absolute atomic E-state index is 0.118. The Morgan fingerprint density at radius 1 is 1.29 bits per heavy atom. The molecule has 24 heavy (non-hydrogen) atoms. The molecule has 1 amide bonds. The summed E-state index contributed by atoms with van der Waals surface area (Å²) in [5.74, 6) is 0.283. The third-order valence-corrected chi connectivity index (χ3v) is 4.64. The zero-order valence-electron chi connectivity index (χ0n) is 13.8. The van der Waals surface area contributed by atoms with Gasteiger partial charge in [0.15, 0.2) is 0 Å². The minimum atomic E-state index is -0.283. The molecule has 0 unspecified atom stereocenters. The maximum absolute atomic E-state index is 13.1. The molecule has 5 nitrogen and oxygen atoms in total. The molecule has 1 aromatic heterocycles. The standard InChI is InChI=1S/C18H21FN4O/c1-12-10-15(14-4-6-16(19)7-5-14)11-23(12)13(2)17(24)22-18-20-8-3-9-21-18/h3-9,12-13,15H,10-11H2,1-2H3,(H,20,21,22,24)/t12-,13-,15+/m1/s1. The number of benzene rings is 1. The fourth-order valence-corrected chi connectivity index (χ4v) is 3.30. The Morgan fingerprint density at radius 3 is 2.62 bits per heavy atom. The van der Waals surface area contributed by atoms with Crippen LogP contribution in [0.3, 0.4) is 0 Å². The monoisotopic (exact) mass is 328 g/mol. The Kier molecular flexibility index (Phi) is 4.85. The van der Waals surface area contributed by atoms with Crippen LogP contribution >= 0.6 is 0 Å². The number of halogens is 1. The lowest BCUT2D eigenvalue weighted by atomic mass is 9.97. The predicted octanol–water partition coefficient (Wildman–Crippen LogP) is 2.82. The Balaban J connectivity index is 1.65. The highest BCUT2D eigenvalue weighted by molar-refractivity contribution is 5.93. The van der Waals surface area contributed by atoms with Crippen LogP contribution in [0.15, 0.2) is 42.7 Å². The number of likely N-dealkylation sites (tertiary alicyclic amines) is 1. The average Bonchev–Trinajstić information content (AvgIpc) is 2.97. The molecular formula is C18H21FN4O. The molecular weight excluding hydrogens is 307 g/mol. The molecule has 1 N–H and O–H groups in total. The average molecular weight is 328 g/mol. The first-order chi connectivity index (χ1) is 11.5. The molecule has 0 radical (unpaired) electrons. The van der Waals surface area contributed by atoms with Gasteiger partial charge >= 0.3 is 0 Å². The van der Waals surface area contributed by atoms with Crippen molar-refractivity contribution in [3.63, 3.8) is 0 Å². The maximum Gasteiger partial charge on any atom is 0.243 e. The van der Waals surface area contributed by atoms with E-state index in [9.17, 15) is 9.18 Å². The number of nitrogens with zero attached hydrogens (tertiary/aromatic N) is 3. The van der Waals surface area contributed by atoms with Gasteiger partial charge in [-0.2, -0.15) is 0 Å². The van der Waals surface area contributed by atoms with Crippen molar-refractivity contribution in [2.45, 2.75) is 38.3 Å². The summed E-state index contributed by atoms with van der Waals surface area (Å²) < 4.78 is 13.1. The molecule has 2 aromatic rings. The first-order valence-electron chi connectivity index (χ1n) is 8.13. The van der Waals surface area contributed by atoms with Crippen LogP contribution in [-0.2, 0) is 4.79 Å². The quantitative estimate of drug-likeness (QED) is 0.938. The van der Waals surface area contributed by atoms with E-state index in [-0.39, 0.29) is 23.8 Å². The van der Waals surface area contributed by atoms with Gasteiger partial charge in [0, 0.05) is 25.0 Å². The van der Waals surface area contributed by atoms with Gasteiger partial charge in [-0.3, -0.25) is 15.0 Å². The van der Waals surface area contributed by atoms with Gasteiger partial charge < -0.3 is 0 Å². The molecule has 0 bridgehead atoms. The zero-order chi connectivity index (χ0) is 17.1. The van der Waals surface area contributed by atoms with Crippen LogP contribution in [0.1, 0.15) is 31.7 Å². The Labute approximate surface area is 140 Å². The Hall–Kier alpha value is -2.34. The van der Waals surface area contributed by atoms with Gasteiger partial charge in [0.2, 0.25) is 11.9 Å². The second kappa shape index (κ2) is 7.05. The third kappa shape index (κ3) is 3.59. The molecule has 1 aromatic carbocycles. The van der Waals surface area contributed by atoms with Gasteiger partial charge in [0.1, 0.15) is 5.82 Å². The van der Waals surface area contributed by atoms with Crippen LogP contribution < -0.4 is 5.32 Å². The SMILES string of the molecule is C[C@@H]1C[C@H](c2ccc(F)cc2)CN1[C@H](C)C(=O)Nc1ncccn1. The van der Waals surface area contributed by atoms with Crippen LogP contribution in [-0.4, -0.2) is 39.4 Å². The predicted molar refractivity (Wildman–Crippen MR) is 90.0 cm³/mol. The summed E-state index contributed by atoms with van der Waals surface area (Å²) in [4.78, 5) is 22.7. The van der Waals surface area contributed by atoms with E-state index in [1.54, 1.807) is 18.5 Å². The van der Waals surface area contributed by atoms with Crippen molar-refractivity contribution < 1.29 is 9.18 Å². The molecule has 0 spiro atoms. The van der Waals surface area contributed by atoms with Gasteiger partial charge in [0.05, 0.1) is 6.04 Å². The molecule has 1 saturated heterocycles. The number of carbonyl (C=O) groups is 1. The third-order valence-electron chi connectivity index (χ3n) is 4.64. The molecule has 1 aliphatic heterocycles. The van der Waals surface area contributed by atoms with Crippen molar-refractivity contribution >= 4 is 11.9 Å². The summed E-state index contributed by atoms with van der Waals surface area (Å²) in [6.45, 7) is 4.78. The number of hydrogen-bond donors (Lipinski definition) is 1. The number of anilines is 1. The van der Waals surface area contributed by atoms with Crippen molar-refractivity contribution in [3.05, 3.63) is 54.1 Å². The Morgan fingerprint density at radius 2 is 1.96 bits per heavy atom. The first kappa shape index (κ1) is 16.5. The lowest BCUT2D eigenvalue weighted by molar-refractivity contribution is -0.121. The van der Waals surface area contributed by atoms with Crippen molar-refractivity contribution in [2.24, 2.45) is 0 Å². The van der Waals surface area contributed by atoms with Crippen LogP contribution in [0.4, 0.5) is 10.3 Å². The lowest BCUT2D eigenvalue weighted by Gasteiger charge is -2.27. The number of amides is 1. The van der Waals surface area contributed by atoms with Crippen LogP contribution in [0, 0.1) is 5.82 Å². The van der Waals surface area contributed by atoms with E-state index < -0.39 is 0 Å². The Bertz CT molecular complexity index is 692. The number of carbonyl (C=O) groups excluding carboxylic acids is 1. The molecule has 1 aliphatic rings. The zero-order valence-corrected chi connectivity index (χ0v) is 13.8. The molecule has 0 aliphatic carbocycles. The highest BCUT2D eigenvalue weighted by Gasteiger charge is 2.35. The van der Waals surface area contributed by atoms with Gasteiger partial charge in [-0.05, 0) is 49.9 Å². The summed E-state index contributed by atoms with van der Waals surface area (Å²) >= 11 is 0.